The highest BCUT2D eigenvalue weighted by molar-refractivity contribution is 5.19. The third kappa shape index (κ3) is 0.661. The highest BCUT2D eigenvalue weighted by Gasteiger charge is 2.41. The molecule has 1 aliphatic carbocycles. The summed E-state index contributed by atoms with van der Waals surface area (Å²) in [6, 6.07) is 1.95. The maximum atomic E-state index is 4.73. The van der Waals surface area contributed by atoms with Crippen molar-refractivity contribution >= 4 is 0 Å². The normalized spacial score (nSPS) is 21.9. The van der Waals surface area contributed by atoms with Gasteiger partial charge in [0.1, 0.15) is 6.26 Å². The zero-order valence-electron chi connectivity index (χ0n) is 5.42. The molecular formula is C7H9NO. The summed E-state index contributed by atoms with van der Waals surface area (Å²) >= 11 is 0. The van der Waals surface area contributed by atoms with Crippen LogP contribution in [-0.2, 0) is 5.41 Å². The summed E-state index contributed by atoms with van der Waals surface area (Å²) in [6.07, 6.45) is 4.16. The molecule has 2 nitrogen and oxygen atoms in total. The second-order valence-electron chi connectivity index (χ2n) is 2.95. The van der Waals surface area contributed by atoms with Gasteiger partial charge in [-0.3, -0.25) is 0 Å². The Kier molecular flexibility index (Phi) is 0.770. The molecule has 0 radical (unpaired) electrons. The van der Waals surface area contributed by atoms with Crippen molar-refractivity contribution in [2.24, 2.45) is 0 Å². The molecule has 0 amide bonds. The van der Waals surface area contributed by atoms with Crippen LogP contribution in [0.15, 0.2) is 16.9 Å². The van der Waals surface area contributed by atoms with Gasteiger partial charge in [0.2, 0.25) is 0 Å². The van der Waals surface area contributed by atoms with Crippen LogP contribution in [0.5, 0.6) is 0 Å². The summed E-state index contributed by atoms with van der Waals surface area (Å²) in [6.45, 7) is 2.21. The molecule has 1 heterocycles. The van der Waals surface area contributed by atoms with Crippen LogP contribution in [0.4, 0.5) is 0 Å². The first-order valence-corrected chi connectivity index (χ1v) is 3.22. The van der Waals surface area contributed by atoms with E-state index in [2.05, 4.69) is 12.1 Å². The topological polar surface area (TPSA) is 26.0 Å². The van der Waals surface area contributed by atoms with Gasteiger partial charge in [0.05, 0.1) is 5.69 Å². The molecule has 1 aromatic heterocycles. The van der Waals surface area contributed by atoms with Crippen molar-refractivity contribution in [3.8, 4) is 0 Å². The van der Waals surface area contributed by atoms with Gasteiger partial charge in [-0.25, -0.2) is 0 Å². The maximum absolute atomic E-state index is 4.73. The number of hydrogen-bond donors (Lipinski definition) is 0. The zero-order chi connectivity index (χ0) is 6.32. The van der Waals surface area contributed by atoms with Gasteiger partial charge < -0.3 is 4.52 Å². The first-order valence-electron chi connectivity index (χ1n) is 3.22. The van der Waals surface area contributed by atoms with E-state index in [1.807, 2.05) is 6.07 Å². The van der Waals surface area contributed by atoms with Crippen molar-refractivity contribution < 1.29 is 4.52 Å². The van der Waals surface area contributed by atoms with E-state index in [0.29, 0.717) is 5.41 Å². The predicted molar refractivity (Wildman–Crippen MR) is 33.1 cm³/mol. The molecule has 2 heteroatoms. The molecule has 2 rings (SSSR count). The molecule has 1 aliphatic rings. The minimum absolute atomic E-state index is 0.368. The summed E-state index contributed by atoms with van der Waals surface area (Å²) in [5.74, 6) is 0. The Bertz CT molecular complexity index is 199. The molecule has 0 spiro atoms. The van der Waals surface area contributed by atoms with E-state index in [1.54, 1.807) is 6.26 Å². The average Bonchev–Trinajstić information content (AvgIpc) is 2.46. The quantitative estimate of drug-likeness (QED) is 0.568. The largest absolute Gasteiger partial charge is 0.364 e. The van der Waals surface area contributed by atoms with Gasteiger partial charge in [0.25, 0.3) is 0 Å². The van der Waals surface area contributed by atoms with E-state index in [0.717, 1.165) is 5.69 Å². The minimum atomic E-state index is 0.368. The summed E-state index contributed by atoms with van der Waals surface area (Å²) in [7, 11) is 0. The van der Waals surface area contributed by atoms with E-state index < -0.39 is 0 Å². The Balaban J connectivity index is 2.34. The molecule has 0 aromatic carbocycles. The van der Waals surface area contributed by atoms with Crippen molar-refractivity contribution in [1.82, 2.24) is 5.16 Å². The molecular weight excluding hydrogens is 114 g/mol. The van der Waals surface area contributed by atoms with Crippen LogP contribution in [0.2, 0.25) is 0 Å². The van der Waals surface area contributed by atoms with Crippen LogP contribution in [0.25, 0.3) is 0 Å². The first kappa shape index (κ1) is 5.03. The fourth-order valence-electron chi connectivity index (χ4n) is 0.968. The lowest BCUT2D eigenvalue weighted by Crippen LogP contribution is -1.98. The third-order valence-electron chi connectivity index (χ3n) is 2.06. The van der Waals surface area contributed by atoms with Crippen molar-refractivity contribution in [1.29, 1.82) is 0 Å². The summed E-state index contributed by atoms with van der Waals surface area (Å²) in [4.78, 5) is 0. The zero-order valence-corrected chi connectivity index (χ0v) is 5.42. The van der Waals surface area contributed by atoms with Crippen molar-refractivity contribution in [2.45, 2.75) is 25.2 Å². The van der Waals surface area contributed by atoms with Gasteiger partial charge in [-0.2, -0.15) is 0 Å². The van der Waals surface area contributed by atoms with Crippen LogP contribution in [0, 0.1) is 0 Å². The maximum Gasteiger partial charge on any atom is 0.124 e. The summed E-state index contributed by atoms with van der Waals surface area (Å²) < 4.78 is 4.73. The molecule has 0 aliphatic heterocycles. The van der Waals surface area contributed by atoms with Gasteiger partial charge in [-0.15, -0.1) is 0 Å². The number of nitrogens with zero attached hydrogens (tertiary/aromatic N) is 1. The lowest BCUT2D eigenvalue weighted by molar-refractivity contribution is 0.405. The fourth-order valence-corrected chi connectivity index (χ4v) is 0.968. The smallest absolute Gasteiger partial charge is 0.124 e. The Labute approximate surface area is 53.9 Å². The van der Waals surface area contributed by atoms with E-state index in [9.17, 15) is 0 Å². The molecule has 9 heavy (non-hydrogen) atoms. The van der Waals surface area contributed by atoms with E-state index in [1.165, 1.54) is 12.8 Å². The standard InChI is InChI=1S/C7H9NO/c1-7(3-4-7)6-2-5-9-8-6/h2,5H,3-4H2,1H3. The van der Waals surface area contributed by atoms with Gasteiger partial charge in [0.15, 0.2) is 0 Å². The van der Waals surface area contributed by atoms with Gasteiger partial charge in [0, 0.05) is 11.5 Å². The lowest BCUT2D eigenvalue weighted by Gasteiger charge is -1.98. The van der Waals surface area contributed by atoms with Crippen molar-refractivity contribution in [3.63, 3.8) is 0 Å². The predicted octanol–water partition coefficient (Wildman–Crippen LogP) is 1.73. The number of rotatable bonds is 1. The highest BCUT2D eigenvalue weighted by Crippen LogP contribution is 2.46. The average molecular weight is 123 g/mol. The van der Waals surface area contributed by atoms with Crippen LogP contribution >= 0.6 is 0 Å². The van der Waals surface area contributed by atoms with E-state index in [4.69, 9.17) is 4.52 Å². The van der Waals surface area contributed by atoms with E-state index in [-0.39, 0.29) is 0 Å². The first-order chi connectivity index (χ1) is 4.31. The second-order valence-corrected chi connectivity index (χ2v) is 2.95. The molecule has 1 fully saturated rings. The van der Waals surface area contributed by atoms with Gasteiger partial charge >= 0.3 is 0 Å². The van der Waals surface area contributed by atoms with Crippen LogP contribution < -0.4 is 0 Å². The molecule has 1 saturated carbocycles. The van der Waals surface area contributed by atoms with Crippen molar-refractivity contribution in [3.05, 3.63) is 18.0 Å². The fraction of sp³-hybridized carbons (Fsp3) is 0.571. The van der Waals surface area contributed by atoms with Crippen molar-refractivity contribution in [2.75, 3.05) is 0 Å². The number of hydrogen-bond acceptors (Lipinski definition) is 2. The van der Waals surface area contributed by atoms with E-state index >= 15 is 0 Å². The molecule has 0 saturated heterocycles. The molecule has 1 aromatic rings. The Morgan fingerprint density at radius 3 is 2.89 bits per heavy atom. The van der Waals surface area contributed by atoms with Gasteiger partial charge in [-0.1, -0.05) is 12.1 Å². The second kappa shape index (κ2) is 1.38. The third-order valence-corrected chi connectivity index (χ3v) is 2.06. The molecule has 0 atom stereocenters. The Hall–Kier alpha value is -0.790. The summed E-state index contributed by atoms with van der Waals surface area (Å²) in [5, 5.41) is 3.88. The summed E-state index contributed by atoms with van der Waals surface area (Å²) in [5.41, 5.74) is 1.48. The SMILES string of the molecule is CC1(c2ccon2)CC1. The molecule has 0 N–H and O–H groups in total. The number of aromatic nitrogens is 1. The minimum Gasteiger partial charge on any atom is -0.364 e. The Morgan fingerprint density at radius 1 is 1.67 bits per heavy atom. The lowest BCUT2D eigenvalue weighted by atomic mass is 10.1. The molecule has 0 unspecified atom stereocenters. The molecule has 48 valence electrons. The van der Waals surface area contributed by atoms with Crippen LogP contribution in [-0.4, -0.2) is 5.16 Å². The molecule has 0 bridgehead atoms. The van der Waals surface area contributed by atoms with Gasteiger partial charge in [-0.05, 0) is 12.8 Å². The van der Waals surface area contributed by atoms with Crippen LogP contribution in [0.3, 0.4) is 0 Å². The highest BCUT2D eigenvalue weighted by atomic mass is 16.5. The Morgan fingerprint density at radius 2 is 2.44 bits per heavy atom. The monoisotopic (exact) mass is 123 g/mol. The van der Waals surface area contributed by atoms with Crippen LogP contribution in [0.1, 0.15) is 25.5 Å².